The Labute approximate surface area is 200 Å². The number of carbonyl (C=O) groups is 3. The van der Waals surface area contributed by atoms with Gasteiger partial charge in [-0.3, -0.25) is 14.4 Å². The Morgan fingerprint density at radius 3 is 2.38 bits per heavy atom. The predicted molar refractivity (Wildman–Crippen MR) is 135 cm³/mol. The normalized spacial score (nSPS) is 15.7. The molecule has 1 unspecified atom stereocenters. The van der Waals surface area contributed by atoms with Gasteiger partial charge in [-0.05, 0) is 67.8 Å². The smallest absolute Gasteiger partial charge is 0.254 e. The van der Waals surface area contributed by atoms with Crippen molar-refractivity contribution >= 4 is 34.2 Å². The Hall–Kier alpha value is -3.67. The van der Waals surface area contributed by atoms with Crippen molar-refractivity contribution in [3.05, 3.63) is 77.9 Å². The van der Waals surface area contributed by atoms with Gasteiger partial charge in [-0.2, -0.15) is 0 Å². The van der Waals surface area contributed by atoms with Crippen molar-refractivity contribution in [3.8, 4) is 0 Å². The first-order valence-corrected chi connectivity index (χ1v) is 12.0. The van der Waals surface area contributed by atoms with Gasteiger partial charge in [0, 0.05) is 43.0 Å². The fraction of sp³-hybridized carbons (Fsp3) is 0.321. The maximum absolute atomic E-state index is 13.3. The van der Waals surface area contributed by atoms with E-state index in [0.29, 0.717) is 43.0 Å². The number of fused-ring (bicyclic) bond motifs is 1. The molecule has 0 bridgehead atoms. The second-order valence-electron chi connectivity index (χ2n) is 8.66. The molecule has 0 radical (unpaired) electrons. The van der Waals surface area contributed by atoms with Crippen molar-refractivity contribution in [2.24, 2.45) is 5.92 Å². The highest BCUT2D eigenvalue weighted by molar-refractivity contribution is 6.07. The lowest BCUT2D eigenvalue weighted by Crippen LogP contribution is -2.43. The molecular weight excluding hydrogens is 426 g/mol. The van der Waals surface area contributed by atoms with Crippen LogP contribution in [0.4, 0.5) is 5.69 Å². The van der Waals surface area contributed by atoms with Crippen LogP contribution in [0.25, 0.3) is 10.8 Å². The SMILES string of the molecule is CCN(CC)C(=O)c1ccc(NC(=O)C2CCCN(C(=O)c3cccc4ccccc34)C2)cc1. The lowest BCUT2D eigenvalue weighted by Gasteiger charge is -2.32. The first-order valence-electron chi connectivity index (χ1n) is 12.0. The molecule has 1 saturated heterocycles. The molecular formula is C28H31N3O3. The number of hydrogen-bond donors (Lipinski definition) is 1. The molecule has 1 N–H and O–H groups in total. The van der Waals surface area contributed by atoms with E-state index in [1.807, 2.05) is 56.3 Å². The van der Waals surface area contributed by atoms with E-state index in [1.54, 1.807) is 34.1 Å². The third kappa shape index (κ3) is 4.96. The Morgan fingerprint density at radius 2 is 1.65 bits per heavy atom. The molecule has 0 saturated carbocycles. The van der Waals surface area contributed by atoms with Crippen LogP contribution < -0.4 is 5.32 Å². The summed E-state index contributed by atoms with van der Waals surface area (Å²) in [7, 11) is 0. The number of hydrogen-bond acceptors (Lipinski definition) is 3. The van der Waals surface area contributed by atoms with E-state index in [4.69, 9.17) is 0 Å². The van der Waals surface area contributed by atoms with Gasteiger partial charge in [-0.25, -0.2) is 0 Å². The Kier molecular flexibility index (Phi) is 7.26. The van der Waals surface area contributed by atoms with Gasteiger partial charge in [0.15, 0.2) is 0 Å². The van der Waals surface area contributed by atoms with Gasteiger partial charge in [0.05, 0.1) is 5.92 Å². The van der Waals surface area contributed by atoms with Crippen LogP contribution >= 0.6 is 0 Å². The third-order valence-electron chi connectivity index (χ3n) is 6.55. The first kappa shape index (κ1) is 23.5. The summed E-state index contributed by atoms with van der Waals surface area (Å²) in [6, 6.07) is 20.6. The molecule has 1 aliphatic rings. The average Bonchev–Trinajstić information content (AvgIpc) is 2.89. The molecule has 3 aromatic rings. The van der Waals surface area contributed by atoms with E-state index in [-0.39, 0.29) is 23.6 Å². The molecule has 1 atom stereocenters. The Balaban J connectivity index is 1.41. The highest BCUT2D eigenvalue weighted by Crippen LogP contribution is 2.24. The van der Waals surface area contributed by atoms with Crippen LogP contribution in [0.15, 0.2) is 66.7 Å². The van der Waals surface area contributed by atoms with E-state index in [2.05, 4.69) is 5.32 Å². The minimum Gasteiger partial charge on any atom is -0.339 e. The monoisotopic (exact) mass is 457 g/mol. The van der Waals surface area contributed by atoms with E-state index in [1.165, 1.54) is 0 Å². The van der Waals surface area contributed by atoms with Gasteiger partial charge >= 0.3 is 0 Å². The van der Waals surface area contributed by atoms with Crippen molar-refractivity contribution in [1.82, 2.24) is 9.80 Å². The lowest BCUT2D eigenvalue weighted by atomic mass is 9.95. The van der Waals surface area contributed by atoms with E-state index in [0.717, 1.165) is 23.6 Å². The molecule has 0 aliphatic carbocycles. The number of amides is 3. The molecule has 0 aromatic heterocycles. The maximum atomic E-state index is 13.3. The van der Waals surface area contributed by atoms with Crippen LogP contribution in [0.1, 0.15) is 47.4 Å². The number of rotatable bonds is 6. The van der Waals surface area contributed by atoms with Gasteiger partial charge in [-0.15, -0.1) is 0 Å². The standard InChI is InChI=1S/C28H31N3O3/c1-3-30(4-2)27(33)21-14-16-23(17-15-21)29-26(32)22-11-8-18-31(19-22)28(34)25-13-7-10-20-9-5-6-12-24(20)25/h5-7,9-10,12-17,22H,3-4,8,11,18-19H2,1-2H3,(H,29,32). The highest BCUT2D eigenvalue weighted by atomic mass is 16.2. The van der Waals surface area contributed by atoms with E-state index >= 15 is 0 Å². The Bertz CT molecular complexity index is 1180. The van der Waals surface area contributed by atoms with Gasteiger partial charge in [0.2, 0.25) is 5.91 Å². The molecule has 176 valence electrons. The van der Waals surface area contributed by atoms with Crippen molar-refractivity contribution in [2.75, 3.05) is 31.5 Å². The molecule has 1 aliphatic heterocycles. The van der Waals surface area contributed by atoms with Crippen molar-refractivity contribution in [1.29, 1.82) is 0 Å². The van der Waals surface area contributed by atoms with Gasteiger partial charge in [0.1, 0.15) is 0 Å². The largest absolute Gasteiger partial charge is 0.339 e. The second kappa shape index (κ2) is 10.5. The van der Waals surface area contributed by atoms with Crippen LogP contribution in [0, 0.1) is 5.92 Å². The second-order valence-corrected chi connectivity index (χ2v) is 8.66. The molecule has 6 heteroatoms. The first-order chi connectivity index (χ1) is 16.5. The zero-order valence-electron chi connectivity index (χ0n) is 19.8. The van der Waals surface area contributed by atoms with Gasteiger partial charge in [0.25, 0.3) is 11.8 Å². The molecule has 0 spiro atoms. The molecule has 4 rings (SSSR count). The van der Waals surface area contributed by atoms with Crippen LogP contribution in [0.3, 0.4) is 0 Å². The summed E-state index contributed by atoms with van der Waals surface area (Å²) in [5.41, 5.74) is 1.93. The van der Waals surface area contributed by atoms with Crippen LogP contribution in [-0.4, -0.2) is 53.7 Å². The number of anilines is 1. The summed E-state index contributed by atoms with van der Waals surface area (Å²) in [6.07, 6.45) is 1.52. The van der Waals surface area contributed by atoms with Crippen molar-refractivity contribution in [2.45, 2.75) is 26.7 Å². The summed E-state index contributed by atoms with van der Waals surface area (Å²) >= 11 is 0. The summed E-state index contributed by atoms with van der Waals surface area (Å²) in [5, 5.41) is 4.92. The summed E-state index contributed by atoms with van der Waals surface area (Å²) in [6.45, 7) is 6.26. The summed E-state index contributed by atoms with van der Waals surface area (Å²) in [5.74, 6) is -0.422. The van der Waals surface area contributed by atoms with Gasteiger partial charge < -0.3 is 15.1 Å². The third-order valence-corrected chi connectivity index (χ3v) is 6.55. The van der Waals surface area contributed by atoms with E-state index in [9.17, 15) is 14.4 Å². The molecule has 1 fully saturated rings. The molecule has 34 heavy (non-hydrogen) atoms. The number of benzene rings is 3. The van der Waals surface area contributed by atoms with Crippen LogP contribution in [0.2, 0.25) is 0 Å². The number of nitrogens with one attached hydrogen (secondary N) is 1. The predicted octanol–water partition coefficient (Wildman–Crippen LogP) is 4.81. The number of likely N-dealkylation sites (tertiary alicyclic amines) is 1. The quantitative estimate of drug-likeness (QED) is 0.577. The fourth-order valence-electron chi connectivity index (χ4n) is 4.59. The lowest BCUT2D eigenvalue weighted by molar-refractivity contribution is -0.121. The molecule has 6 nitrogen and oxygen atoms in total. The van der Waals surface area contributed by atoms with Crippen LogP contribution in [0.5, 0.6) is 0 Å². The molecule has 3 amide bonds. The van der Waals surface area contributed by atoms with Crippen molar-refractivity contribution < 1.29 is 14.4 Å². The summed E-state index contributed by atoms with van der Waals surface area (Å²) in [4.78, 5) is 42.3. The number of nitrogens with zero attached hydrogens (tertiary/aromatic N) is 2. The number of piperidine rings is 1. The maximum Gasteiger partial charge on any atom is 0.254 e. The zero-order valence-corrected chi connectivity index (χ0v) is 19.8. The molecule has 1 heterocycles. The minimum atomic E-state index is -0.273. The van der Waals surface area contributed by atoms with Gasteiger partial charge in [-0.1, -0.05) is 36.4 Å². The van der Waals surface area contributed by atoms with Crippen molar-refractivity contribution in [3.63, 3.8) is 0 Å². The highest BCUT2D eigenvalue weighted by Gasteiger charge is 2.29. The Morgan fingerprint density at radius 1 is 0.941 bits per heavy atom. The number of carbonyl (C=O) groups excluding carboxylic acids is 3. The molecule has 3 aromatic carbocycles. The van der Waals surface area contributed by atoms with Crippen LogP contribution in [-0.2, 0) is 4.79 Å². The average molecular weight is 458 g/mol. The van der Waals surface area contributed by atoms with E-state index < -0.39 is 0 Å². The fourth-order valence-corrected chi connectivity index (χ4v) is 4.59. The minimum absolute atomic E-state index is 0.0160. The summed E-state index contributed by atoms with van der Waals surface area (Å²) < 4.78 is 0. The topological polar surface area (TPSA) is 69.7 Å². The zero-order chi connectivity index (χ0) is 24.1.